The van der Waals surface area contributed by atoms with Crippen molar-refractivity contribution in [1.82, 2.24) is 0 Å². The normalized spacial score (nSPS) is 12.7. The van der Waals surface area contributed by atoms with Crippen LogP contribution >= 0.6 is 0 Å². The molecule has 0 aliphatic rings. The smallest absolute Gasteiger partial charge is 0.125 e. The van der Waals surface area contributed by atoms with Crippen molar-refractivity contribution in [3.05, 3.63) is 17.9 Å². The largest absolute Gasteiger partial charge is 0.497 e. The summed E-state index contributed by atoms with van der Waals surface area (Å²) in [6.45, 7) is 13.0. The van der Waals surface area contributed by atoms with E-state index in [1.165, 1.54) is 0 Å². The van der Waals surface area contributed by atoms with E-state index in [1.54, 1.807) is 7.11 Å². The van der Waals surface area contributed by atoms with Crippen molar-refractivity contribution in [2.75, 3.05) is 7.11 Å². The Morgan fingerprint density at radius 1 is 0.941 bits per heavy atom. The highest BCUT2D eigenvalue weighted by Gasteiger charge is 2.30. The molecule has 0 bridgehead atoms. The van der Waals surface area contributed by atoms with E-state index in [-0.39, 0.29) is 5.82 Å². The summed E-state index contributed by atoms with van der Waals surface area (Å²) >= 11 is 0. The summed E-state index contributed by atoms with van der Waals surface area (Å²) < 4.78 is 20.0. The van der Waals surface area contributed by atoms with Gasteiger partial charge in [0.2, 0.25) is 0 Å². The minimum Gasteiger partial charge on any atom is -0.497 e. The third kappa shape index (κ3) is 2.98. The quantitative estimate of drug-likeness (QED) is 0.767. The van der Waals surface area contributed by atoms with Gasteiger partial charge in [-0.3, -0.25) is 0 Å². The van der Waals surface area contributed by atoms with Crippen molar-refractivity contribution in [1.29, 1.82) is 0 Å². The van der Waals surface area contributed by atoms with E-state index in [1.807, 2.05) is 12.1 Å². The minimum atomic E-state index is -1.73. The fourth-order valence-electron chi connectivity index (χ4n) is 2.01. The van der Waals surface area contributed by atoms with E-state index in [0.29, 0.717) is 5.75 Å². The molecule has 0 aliphatic carbocycles. The molecule has 1 rings (SSSR count). The van der Waals surface area contributed by atoms with Gasteiger partial charge in [-0.05, 0) is 11.3 Å². The SMILES string of the molecule is COc1ccc([Si](C)(C)C)c(F)c1[Si](C)(C)C. The van der Waals surface area contributed by atoms with Gasteiger partial charge in [-0.1, -0.05) is 45.3 Å². The number of hydrogen-bond donors (Lipinski definition) is 0. The Kier molecular flexibility index (Phi) is 3.89. The summed E-state index contributed by atoms with van der Waals surface area (Å²) in [6.07, 6.45) is 0. The van der Waals surface area contributed by atoms with Crippen LogP contribution in [-0.4, -0.2) is 23.3 Å². The maximum Gasteiger partial charge on any atom is 0.125 e. The van der Waals surface area contributed by atoms with E-state index in [4.69, 9.17) is 4.74 Å². The van der Waals surface area contributed by atoms with E-state index in [9.17, 15) is 4.39 Å². The topological polar surface area (TPSA) is 9.23 Å². The highest BCUT2D eigenvalue weighted by molar-refractivity contribution is 6.92. The van der Waals surface area contributed by atoms with Gasteiger partial charge in [0.15, 0.2) is 0 Å². The molecule has 96 valence electrons. The lowest BCUT2D eigenvalue weighted by Gasteiger charge is -2.26. The van der Waals surface area contributed by atoms with Gasteiger partial charge in [0.05, 0.1) is 23.3 Å². The van der Waals surface area contributed by atoms with Gasteiger partial charge >= 0.3 is 0 Å². The molecule has 1 nitrogen and oxygen atoms in total. The van der Waals surface area contributed by atoms with Gasteiger partial charge in [0.25, 0.3) is 0 Å². The van der Waals surface area contributed by atoms with Crippen molar-refractivity contribution in [3.63, 3.8) is 0 Å². The van der Waals surface area contributed by atoms with Gasteiger partial charge in [0.1, 0.15) is 11.6 Å². The van der Waals surface area contributed by atoms with E-state index >= 15 is 0 Å². The van der Waals surface area contributed by atoms with Gasteiger partial charge < -0.3 is 4.74 Å². The number of ether oxygens (including phenoxy) is 1. The molecule has 17 heavy (non-hydrogen) atoms. The summed E-state index contributed by atoms with van der Waals surface area (Å²) in [6, 6.07) is 3.84. The Morgan fingerprint density at radius 2 is 1.47 bits per heavy atom. The Hall–Kier alpha value is -0.616. The van der Waals surface area contributed by atoms with E-state index < -0.39 is 16.1 Å². The summed E-state index contributed by atoms with van der Waals surface area (Å²) in [7, 11) is -1.75. The molecule has 0 N–H and O–H groups in total. The Labute approximate surface area is 106 Å². The molecular weight excluding hydrogens is 247 g/mol. The molecule has 0 amide bonds. The highest BCUT2D eigenvalue weighted by Crippen LogP contribution is 2.17. The molecule has 1 aromatic rings. The molecule has 1 aromatic carbocycles. The minimum absolute atomic E-state index is 0.0114. The standard InChI is InChI=1S/C13H23FOSi2/c1-15-10-8-9-11(16(2,3)4)12(14)13(10)17(5,6)7/h8-9H,1-7H3. The van der Waals surface area contributed by atoms with Crippen LogP contribution in [0.2, 0.25) is 39.3 Å². The third-order valence-corrected chi connectivity index (χ3v) is 6.85. The van der Waals surface area contributed by atoms with Crippen LogP contribution in [0.4, 0.5) is 4.39 Å². The van der Waals surface area contributed by atoms with Crippen LogP contribution in [0.3, 0.4) is 0 Å². The van der Waals surface area contributed by atoms with Crippen molar-refractivity contribution in [3.8, 4) is 5.75 Å². The summed E-state index contributed by atoms with van der Waals surface area (Å²) in [5.41, 5.74) is 0. The molecule has 4 heteroatoms. The van der Waals surface area contributed by atoms with Crippen molar-refractivity contribution >= 4 is 26.5 Å². The number of hydrogen-bond acceptors (Lipinski definition) is 1. The molecule has 0 saturated heterocycles. The zero-order valence-corrected chi connectivity index (χ0v) is 13.9. The second kappa shape index (κ2) is 4.57. The maximum atomic E-state index is 14.7. The number of halogens is 1. The van der Waals surface area contributed by atoms with Crippen LogP contribution in [0.15, 0.2) is 12.1 Å². The van der Waals surface area contributed by atoms with Crippen molar-refractivity contribution in [2.45, 2.75) is 39.3 Å². The van der Waals surface area contributed by atoms with Gasteiger partial charge in [-0.25, -0.2) is 4.39 Å². The molecule has 0 aromatic heterocycles. The van der Waals surface area contributed by atoms with Gasteiger partial charge in [-0.15, -0.1) is 0 Å². The van der Waals surface area contributed by atoms with Crippen LogP contribution in [-0.2, 0) is 0 Å². The highest BCUT2D eigenvalue weighted by atomic mass is 28.3. The summed E-state index contributed by atoms with van der Waals surface area (Å²) in [4.78, 5) is 0. The first-order valence-electron chi connectivity index (χ1n) is 5.96. The van der Waals surface area contributed by atoms with Gasteiger partial charge in [-0.2, -0.15) is 0 Å². The lowest BCUT2D eigenvalue weighted by molar-refractivity contribution is 0.415. The third-order valence-electron chi connectivity index (χ3n) is 2.88. The Morgan fingerprint density at radius 3 is 1.82 bits per heavy atom. The van der Waals surface area contributed by atoms with Crippen molar-refractivity contribution < 1.29 is 9.13 Å². The number of methoxy groups -OCH3 is 1. The molecule has 0 atom stereocenters. The second-order valence-corrected chi connectivity index (χ2v) is 16.5. The van der Waals surface area contributed by atoms with Crippen molar-refractivity contribution in [2.24, 2.45) is 0 Å². The van der Waals surface area contributed by atoms with E-state index in [2.05, 4.69) is 39.3 Å². The van der Waals surface area contributed by atoms with Crippen LogP contribution in [0.5, 0.6) is 5.75 Å². The molecule has 0 aliphatic heterocycles. The average Bonchev–Trinajstić information content (AvgIpc) is 2.12. The molecule has 0 heterocycles. The molecule has 0 fully saturated rings. The zero-order chi connectivity index (χ0) is 13.4. The first-order chi connectivity index (χ1) is 7.59. The molecular formula is C13H23FOSi2. The van der Waals surface area contributed by atoms with Gasteiger partial charge in [0, 0.05) is 5.19 Å². The fraction of sp³-hybridized carbons (Fsp3) is 0.538. The predicted octanol–water partition coefficient (Wildman–Crippen LogP) is 2.92. The van der Waals surface area contributed by atoms with E-state index in [0.717, 1.165) is 10.4 Å². The molecule has 0 radical (unpaired) electrons. The molecule has 0 saturated carbocycles. The van der Waals surface area contributed by atoms with Crippen LogP contribution < -0.4 is 15.1 Å². The molecule has 0 spiro atoms. The monoisotopic (exact) mass is 270 g/mol. The second-order valence-electron chi connectivity index (χ2n) is 6.50. The summed E-state index contributed by atoms with van der Waals surface area (Å²) in [5, 5.41) is 1.75. The maximum absolute atomic E-state index is 14.7. The molecule has 0 unspecified atom stereocenters. The predicted molar refractivity (Wildman–Crippen MR) is 78.9 cm³/mol. The van der Waals surface area contributed by atoms with Crippen LogP contribution in [0, 0.1) is 5.82 Å². The lowest BCUT2D eigenvalue weighted by Crippen LogP contribution is -2.49. The Bertz CT molecular complexity index is 417. The average molecular weight is 270 g/mol. The number of rotatable bonds is 3. The first-order valence-corrected chi connectivity index (χ1v) is 13.0. The first kappa shape index (κ1) is 14.4. The zero-order valence-electron chi connectivity index (χ0n) is 11.9. The summed E-state index contributed by atoms with van der Waals surface area (Å²) in [5.74, 6) is 0.700. The Balaban J connectivity index is 3.55. The van der Waals surface area contributed by atoms with Crippen LogP contribution in [0.25, 0.3) is 0 Å². The number of benzene rings is 1. The fourth-order valence-corrected chi connectivity index (χ4v) is 5.22. The lowest BCUT2D eigenvalue weighted by atomic mass is 10.3. The van der Waals surface area contributed by atoms with Crippen LogP contribution in [0.1, 0.15) is 0 Å².